The minimum atomic E-state index is -0.198. The summed E-state index contributed by atoms with van der Waals surface area (Å²) in [5.41, 5.74) is 2.77. The smallest absolute Gasteiger partial charge is 0.270 e. The fraction of sp³-hybridized carbons (Fsp3) is 0.478. The normalized spacial score (nSPS) is 24.3. The zero-order valence-electron chi connectivity index (χ0n) is 16.9. The van der Waals surface area contributed by atoms with Crippen molar-refractivity contribution in [3.8, 4) is 0 Å². The second-order valence-electron chi connectivity index (χ2n) is 8.15. The van der Waals surface area contributed by atoms with Crippen LogP contribution in [-0.2, 0) is 11.2 Å². The topological polar surface area (TPSA) is 54.5 Å². The van der Waals surface area contributed by atoms with Crippen LogP contribution < -0.4 is 5.32 Å². The molecule has 1 saturated heterocycles. The molecule has 2 aliphatic heterocycles. The predicted molar refractivity (Wildman–Crippen MR) is 109 cm³/mol. The first-order valence-electron chi connectivity index (χ1n) is 10.4. The van der Waals surface area contributed by atoms with Gasteiger partial charge in [-0.15, -0.1) is 0 Å². The van der Waals surface area contributed by atoms with Gasteiger partial charge in [-0.1, -0.05) is 18.2 Å². The van der Waals surface area contributed by atoms with Crippen LogP contribution in [0.25, 0.3) is 0 Å². The number of pyridine rings is 1. The zero-order valence-corrected chi connectivity index (χ0v) is 16.9. The molecule has 0 bridgehead atoms. The summed E-state index contributed by atoms with van der Waals surface area (Å²) < 4.78 is 19.1. The van der Waals surface area contributed by atoms with Gasteiger partial charge in [-0.25, -0.2) is 4.39 Å². The van der Waals surface area contributed by atoms with Crippen LogP contribution in [0.4, 0.5) is 4.39 Å². The molecule has 0 spiro atoms. The first-order chi connectivity index (χ1) is 14.1. The second kappa shape index (κ2) is 8.59. The highest BCUT2D eigenvalue weighted by Gasteiger charge is 2.42. The van der Waals surface area contributed by atoms with Crippen molar-refractivity contribution in [2.45, 2.75) is 32.2 Å². The molecular formula is C23H28FN3O2. The van der Waals surface area contributed by atoms with Crippen molar-refractivity contribution in [1.82, 2.24) is 15.2 Å². The lowest BCUT2D eigenvalue weighted by Gasteiger charge is -2.35. The third kappa shape index (κ3) is 4.33. The van der Waals surface area contributed by atoms with Crippen molar-refractivity contribution in [2.75, 3.05) is 32.8 Å². The van der Waals surface area contributed by atoms with E-state index in [9.17, 15) is 9.18 Å². The van der Waals surface area contributed by atoms with Crippen molar-refractivity contribution < 1.29 is 13.9 Å². The Labute approximate surface area is 171 Å². The van der Waals surface area contributed by atoms with Gasteiger partial charge in [0.1, 0.15) is 11.5 Å². The Bertz CT molecular complexity index is 857. The summed E-state index contributed by atoms with van der Waals surface area (Å²) >= 11 is 0. The standard InChI is InChI=1S/C23H28FN3O2/c1-2-29-16-23(10-9-17-5-7-18(24)8-6-17)11-13-27(15-23)20-14-26-22(28)21-19(20)4-3-12-25-21/h3-8,12,20H,2,9-11,13-16H2,1H3,(H,26,28). The van der Waals surface area contributed by atoms with Crippen LogP contribution in [-0.4, -0.2) is 48.6 Å². The summed E-state index contributed by atoms with van der Waals surface area (Å²) in [6.45, 7) is 5.94. The third-order valence-electron chi connectivity index (χ3n) is 6.25. The SMILES string of the molecule is CCOCC1(CCc2ccc(F)cc2)CCN(C2CNC(=O)c3ncccc32)C1. The molecule has 2 unspecified atom stereocenters. The number of aromatic nitrogens is 1. The molecule has 4 rings (SSSR count). The summed E-state index contributed by atoms with van der Waals surface area (Å²) in [6, 6.07) is 10.9. The van der Waals surface area contributed by atoms with Gasteiger partial charge >= 0.3 is 0 Å². The van der Waals surface area contributed by atoms with Crippen LogP contribution in [0.15, 0.2) is 42.6 Å². The molecule has 154 valence electrons. The monoisotopic (exact) mass is 397 g/mol. The highest BCUT2D eigenvalue weighted by atomic mass is 19.1. The predicted octanol–water partition coefficient (Wildman–Crippen LogP) is 3.37. The summed E-state index contributed by atoms with van der Waals surface area (Å²) in [4.78, 5) is 18.9. The molecule has 3 heterocycles. The van der Waals surface area contributed by atoms with Gasteiger partial charge in [-0.3, -0.25) is 14.7 Å². The Morgan fingerprint density at radius 3 is 2.93 bits per heavy atom. The van der Waals surface area contributed by atoms with E-state index in [0.717, 1.165) is 50.1 Å². The lowest BCUT2D eigenvalue weighted by molar-refractivity contribution is 0.0453. The van der Waals surface area contributed by atoms with Gasteiger partial charge in [0.05, 0.1) is 12.6 Å². The van der Waals surface area contributed by atoms with Gasteiger partial charge in [0.15, 0.2) is 0 Å². The minimum absolute atomic E-state index is 0.0637. The largest absolute Gasteiger partial charge is 0.381 e. The van der Waals surface area contributed by atoms with E-state index in [1.165, 1.54) is 12.1 Å². The molecule has 2 aliphatic rings. The van der Waals surface area contributed by atoms with E-state index < -0.39 is 0 Å². The molecule has 1 aromatic heterocycles. The maximum Gasteiger partial charge on any atom is 0.270 e. The van der Waals surface area contributed by atoms with E-state index in [1.54, 1.807) is 6.20 Å². The van der Waals surface area contributed by atoms with Crippen LogP contribution >= 0.6 is 0 Å². The number of hydrogen-bond acceptors (Lipinski definition) is 4. The van der Waals surface area contributed by atoms with Crippen molar-refractivity contribution in [1.29, 1.82) is 0 Å². The highest BCUT2D eigenvalue weighted by Crippen LogP contribution is 2.40. The number of ether oxygens (including phenoxy) is 1. The van der Waals surface area contributed by atoms with Gasteiger partial charge in [0.2, 0.25) is 0 Å². The Kier molecular flexibility index (Phi) is 5.92. The first-order valence-corrected chi connectivity index (χ1v) is 10.4. The van der Waals surface area contributed by atoms with Crippen LogP contribution in [0.1, 0.15) is 47.4 Å². The first kappa shape index (κ1) is 20.0. The van der Waals surface area contributed by atoms with Crippen LogP contribution in [0.5, 0.6) is 0 Å². The summed E-state index contributed by atoms with van der Waals surface area (Å²) in [7, 11) is 0. The fourth-order valence-electron chi connectivity index (χ4n) is 4.59. The molecule has 0 radical (unpaired) electrons. The van der Waals surface area contributed by atoms with Gasteiger partial charge in [0.25, 0.3) is 5.91 Å². The molecule has 5 nitrogen and oxygen atoms in total. The molecule has 1 aromatic carbocycles. The molecule has 2 atom stereocenters. The number of nitrogens with one attached hydrogen (secondary N) is 1. The van der Waals surface area contributed by atoms with Crippen molar-refractivity contribution >= 4 is 5.91 Å². The number of benzene rings is 1. The van der Waals surface area contributed by atoms with E-state index in [0.29, 0.717) is 18.8 Å². The number of fused-ring (bicyclic) bond motifs is 1. The number of halogens is 1. The number of carbonyl (C=O) groups is 1. The second-order valence-corrected chi connectivity index (χ2v) is 8.15. The molecule has 29 heavy (non-hydrogen) atoms. The van der Waals surface area contributed by atoms with E-state index >= 15 is 0 Å². The van der Waals surface area contributed by atoms with E-state index in [-0.39, 0.29) is 23.2 Å². The molecular weight excluding hydrogens is 369 g/mol. The quantitative estimate of drug-likeness (QED) is 0.778. The van der Waals surface area contributed by atoms with E-state index in [1.807, 2.05) is 31.2 Å². The summed E-state index contributed by atoms with van der Waals surface area (Å²) in [6.07, 6.45) is 4.62. The van der Waals surface area contributed by atoms with Gasteiger partial charge in [0, 0.05) is 36.9 Å². The van der Waals surface area contributed by atoms with Crippen molar-refractivity contribution in [2.24, 2.45) is 5.41 Å². The molecule has 1 fully saturated rings. The summed E-state index contributed by atoms with van der Waals surface area (Å²) in [5.74, 6) is -0.288. The van der Waals surface area contributed by atoms with E-state index in [2.05, 4.69) is 15.2 Å². The Balaban J connectivity index is 1.49. The van der Waals surface area contributed by atoms with Gasteiger partial charge < -0.3 is 10.1 Å². The van der Waals surface area contributed by atoms with Crippen molar-refractivity contribution in [3.05, 3.63) is 65.2 Å². The maximum absolute atomic E-state index is 13.2. The van der Waals surface area contributed by atoms with Gasteiger partial charge in [-0.05, 0) is 56.5 Å². The van der Waals surface area contributed by atoms with E-state index in [4.69, 9.17) is 4.74 Å². The minimum Gasteiger partial charge on any atom is -0.381 e. The average Bonchev–Trinajstić information content (AvgIpc) is 3.17. The molecule has 1 N–H and O–H groups in total. The molecule has 1 amide bonds. The Morgan fingerprint density at radius 1 is 1.31 bits per heavy atom. The van der Waals surface area contributed by atoms with Crippen LogP contribution in [0.2, 0.25) is 0 Å². The Morgan fingerprint density at radius 2 is 2.14 bits per heavy atom. The number of rotatable bonds is 7. The number of amides is 1. The number of likely N-dealkylation sites (tertiary alicyclic amines) is 1. The van der Waals surface area contributed by atoms with Crippen LogP contribution in [0.3, 0.4) is 0 Å². The average molecular weight is 397 g/mol. The molecule has 0 saturated carbocycles. The van der Waals surface area contributed by atoms with Crippen molar-refractivity contribution in [3.63, 3.8) is 0 Å². The van der Waals surface area contributed by atoms with Gasteiger partial charge in [-0.2, -0.15) is 0 Å². The lowest BCUT2D eigenvalue weighted by atomic mass is 9.82. The number of carbonyl (C=O) groups excluding carboxylic acids is 1. The molecule has 0 aliphatic carbocycles. The fourth-order valence-corrected chi connectivity index (χ4v) is 4.59. The number of nitrogens with zero attached hydrogens (tertiary/aromatic N) is 2. The molecule has 6 heteroatoms. The zero-order chi connectivity index (χ0) is 20.3. The molecule has 2 aromatic rings. The summed E-state index contributed by atoms with van der Waals surface area (Å²) in [5, 5.41) is 2.99. The third-order valence-corrected chi connectivity index (χ3v) is 6.25. The lowest BCUT2D eigenvalue weighted by Crippen LogP contribution is -2.44. The number of hydrogen-bond donors (Lipinski definition) is 1. The highest BCUT2D eigenvalue weighted by molar-refractivity contribution is 5.95. The Hall–Kier alpha value is -2.31. The maximum atomic E-state index is 13.2. The van der Waals surface area contributed by atoms with Crippen LogP contribution in [0, 0.1) is 11.2 Å². The number of aryl methyl sites for hydroxylation is 1.